The second-order valence-corrected chi connectivity index (χ2v) is 11.4. The fraction of sp³-hybridized carbons (Fsp3) is 0.556. The first-order valence-electron chi connectivity index (χ1n) is 13.1. The largest absolute Gasteiger partial charge is 3.00 e. The van der Waals surface area contributed by atoms with Crippen molar-refractivity contribution in [2.45, 2.75) is 63.8 Å². The number of aryl methyl sites for hydroxylation is 2. The summed E-state index contributed by atoms with van der Waals surface area (Å²) in [5, 5.41) is 4.52. The van der Waals surface area contributed by atoms with Crippen LogP contribution in [0.15, 0.2) is 12.4 Å². The van der Waals surface area contributed by atoms with Crippen LogP contribution in [0.4, 0.5) is 13.2 Å². The second-order valence-electron chi connectivity index (χ2n) is 11.4. The molecule has 4 unspecified atom stereocenters. The molecule has 194 valence electrons. The predicted octanol–water partition coefficient (Wildman–Crippen LogP) is 4.97. The Morgan fingerprint density at radius 1 is 1.05 bits per heavy atom. The minimum Gasteiger partial charge on any atom is -0.373 e. The SMILES string of the molecule is Cc1nc2nc(C3CCOC(c4cnn(C5CC5)c4)C3)nc([C-]3C4[CH-]C5(C(F)(F)F)[CH-]C3C45)c2nc1C.[Y+3]. The van der Waals surface area contributed by atoms with Crippen molar-refractivity contribution in [2.24, 2.45) is 23.2 Å². The zero-order valence-corrected chi connectivity index (χ0v) is 24.0. The number of fused-ring (bicyclic) bond motifs is 1. The fourth-order valence-corrected chi connectivity index (χ4v) is 6.86. The summed E-state index contributed by atoms with van der Waals surface area (Å²) >= 11 is 0. The van der Waals surface area contributed by atoms with E-state index in [1.54, 1.807) is 0 Å². The van der Waals surface area contributed by atoms with Gasteiger partial charge in [-0.15, -0.1) is 0 Å². The Balaban J connectivity index is 0.00000242. The van der Waals surface area contributed by atoms with E-state index in [2.05, 4.69) is 11.3 Å². The number of nitrogens with zero attached hydrogens (tertiary/aromatic N) is 6. The molecule has 0 amide bonds. The van der Waals surface area contributed by atoms with Gasteiger partial charge >= 0.3 is 38.9 Å². The van der Waals surface area contributed by atoms with Crippen molar-refractivity contribution in [1.82, 2.24) is 29.7 Å². The average molecular weight is 596 g/mol. The predicted molar refractivity (Wildman–Crippen MR) is 126 cm³/mol. The smallest absolute Gasteiger partial charge is 0.373 e. The van der Waals surface area contributed by atoms with Crippen molar-refractivity contribution in [1.29, 1.82) is 0 Å². The number of hydrogen-bond donors (Lipinski definition) is 0. The van der Waals surface area contributed by atoms with E-state index >= 15 is 0 Å². The normalized spacial score (nSPS) is 33.6. The van der Waals surface area contributed by atoms with E-state index in [1.807, 2.05) is 24.7 Å². The van der Waals surface area contributed by atoms with Gasteiger partial charge in [0.2, 0.25) is 0 Å². The third-order valence-electron chi connectivity index (χ3n) is 9.24. The Labute approximate surface area is 243 Å². The third kappa shape index (κ3) is 3.44. The summed E-state index contributed by atoms with van der Waals surface area (Å²) in [5.74, 6) is 0.863. The van der Waals surface area contributed by atoms with Crippen molar-refractivity contribution in [3.05, 3.63) is 59.6 Å². The van der Waals surface area contributed by atoms with Gasteiger partial charge in [-0.3, -0.25) is 9.67 Å². The van der Waals surface area contributed by atoms with Crippen LogP contribution in [0.3, 0.4) is 0 Å². The van der Waals surface area contributed by atoms with Gasteiger partial charge in [-0.2, -0.15) is 29.6 Å². The molecular weight excluding hydrogens is 570 g/mol. The second kappa shape index (κ2) is 8.43. The molecule has 1 saturated heterocycles. The van der Waals surface area contributed by atoms with Gasteiger partial charge in [-0.1, -0.05) is 5.69 Å². The van der Waals surface area contributed by atoms with E-state index in [1.165, 1.54) is 25.7 Å². The van der Waals surface area contributed by atoms with Crippen LogP contribution in [0, 0.1) is 55.8 Å². The van der Waals surface area contributed by atoms with Gasteiger partial charge in [-0.05, 0) is 45.0 Å². The number of halogens is 3. The summed E-state index contributed by atoms with van der Waals surface area (Å²) in [4.78, 5) is 19.4. The maximum absolute atomic E-state index is 13.7. The van der Waals surface area contributed by atoms with Crippen LogP contribution < -0.4 is 0 Å². The molecule has 5 aliphatic rings. The van der Waals surface area contributed by atoms with Gasteiger partial charge in [0.1, 0.15) is 11.5 Å². The fourth-order valence-electron chi connectivity index (χ4n) is 6.86. The van der Waals surface area contributed by atoms with E-state index < -0.39 is 17.5 Å². The molecule has 7 nitrogen and oxygen atoms in total. The zero-order valence-electron chi connectivity index (χ0n) is 21.1. The van der Waals surface area contributed by atoms with E-state index in [4.69, 9.17) is 24.7 Å². The van der Waals surface area contributed by atoms with Crippen LogP contribution in [0.25, 0.3) is 11.2 Å². The first kappa shape index (κ1) is 25.3. The van der Waals surface area contributed by atoms with Gasteiger partial charge in [0, 0.05) is 30.0 Å². The summed E-state index contributed by atoms with van der Waals surface area (Å²) in [6.07, 6.45) is 6.41. The van der Waals surface area contributed by atoms with Gasteiger partial charge < -0.3 is 22.6 Å². The van der Waals surface area contributed by atoms with E-state index in [0.29, 0.717) is 35.3 Å². The number of aromatic nitrogens is 6. The summed E-state index contributed by atoms with van der Waals surface area (Å²) in [6.45, 7) is 4.37. The van der Waals surface area contributed by atoms with Crippen LogP contribution in [0.2, 0.25) is 0 Å². The molecular formula is C27H26F3N6OY. The molecule has 3 aromatic heterocycles. The van der Waals surface area contributed by atoms with Crippen molar-refractivity contribution in [2.75, 3.05) is 6.61 Å². The first-order chi connectivity index (χ1) is 17.7. The van der Waals surface area contributed by atoms with Crippen LogP contribution in [0.1, 0.15) is 72.2 Å². The van der Waals surface area contributed by atoms with Crippen LogP contribution in [-0.2, 0) is 37.4 Å². The molecule has 0 spiro atoms. The molecule has 4 heterocycles. The molecule has 11 heteroatoms. The number of alkyl halides is 3. The van der Waals surface area contributed by atoms with Gasteiger partial charge in [0.25, 0.3) is 0 Å². The molecule has 4 atom stereocenters. The van der Waals surface area contributed by atoms with Crippen molar-refractivity contribution in [3.8, 4) is 0 Å². The van der Waals surface area contributed by atoms with Crippen LogP contribution in [0.5, 0.6) is 0 Å². The maximum atomic E-state index is 13.7. The quantitative estimate of drug-likeness (QED) is 0.396. The summed E-state index contributed by atoms with van der Waals surface area (Å²) in [7, 11) is 0. The van der Waals surface area contributed by atoms with Gasteiger partial charge in [0.15, 0.2) is 0 Å². The Morgan fingerprint density at radius 3 is 2.47 bits per heavy atom. The molecule has 0 bridgehead atoms. The van der Waals surface area contributed by atoms with Crippen LogP contribution >= 0.6 is 0 Å². The average Bonchev–Trinajstić information content (AvgIpc) is 3.59. The molecule has 4 aliphatic carbocycles. The minimum absolute atomic E-state index is 0. The van der Waals surface area contributed by atoms with E-state index in [0.717, 1.165) is 35.7 Å². The molecule has 0 aromatic carbocycles. The van der Waals surface area contributed by atoms with Gasteiger partial charge in [0.05, 0.1) is 24.0 Å². The Morgan fingerprint density at radius 2 is 1.79 bits per heavy atom. The van der Waals surface area contributed by atoms with Crippen molar-refractivity contribution < 1.29 is 50.6 Å². The molecule has 8 rings (SSSR count). The summed E-state index contributed by atoms with van der Waals surface area (Å²) < 4.78 is 49.1. The summed E-state index contributed by atoms with van der Waals surface area (Å²) in [5.41, 5.74) is 2.70. The standard InChI is InChI=1S/C27H26F3N6O.Y/c1-12-13(2)33-25-23(32-12)22(20-17-8-26(27(28,29)30)9-18(20)21(17)26)34-24(35-25)14-5-6-37-19(7-14)15-10-31-36(11-15)16-3-4-16;/h8-11,14,16-19,21H,3-7H2,1-2H3;/q-3;+3. The Kier molecular flexibility index (Phi) is 5.62. The van der Waals surface area contributed by atoms with Crippen molar-refractivity contribution in [3.63, 3.8) is 0 Å². The number of rotatable bonds is 4. The Hall–Kier alpha value is -1.65. The van der Waals surface area contributed by atoms with E-state index in [-0.39, 0.29) is 56.6 Å². The number of ether oxygens (including phenoxy) is 1. The summed E-state index contributed by atoms with van der Waals surface area (Å²) in [6, 6.07) is 0.510. The molecule has 38 heavy (non-hydrogen) atoms. The molecule has 4 saturated carbocycles. The zero-order chi connectivity index (χ0) is 25.3. The van der Waals surface area contributed by atoms with E-state index in [9.17, 15) is 13.2 Å². The third-order valence-corrected chi connectivity index (χ3v) is 9.24. The molecule has 1 aliphatic heterocycles. The molecule has 0 N–H and O–H groups in total. The molecule has 5 fully saturated rings. The van der Waals surface area contributed by atoms with Gasteiger partial charge in [-0.25, -0.2) is 27.7 Å². The topological polar surface area (TPSA) is 78.6 Å². The molecule has 0 radical (unpaired) electrons. The van der Waals surface area contributed by atoms with Crippen molar-refractivity contribution >= 4 is 11.2 Å². The molecule has 3 aromatic rings. The number of hydrogen-bond acceptors (Lipinski definition) is 6. The Bertz CT molecular complexity index is 1420. The monoisotopic (exact) mass is 596 g/mol. The first-order valence-corrected chi connectivity index (χ1v) is 13.1. The maximum Gasteiger partial charge on any atom is 3.00 e. The van der Waals surface area contributed by atoms with Crippen LogP contribution in [-0.4, -0.2) is 42.5 Å². The minimum atomic E-state index is -4.23.